The number of piperidine rings is 1. The van der Waals surface area contributed by atoms with Crippen molar-refractivity contribution >= 4 is 5.91 Å². The summed E-state index contributed by atoms with van der Waals surface area (Å²) in [5, 5.41) is 2.98. The summed E-state index contributed by atoms with van der Waals surface area (Å²) in [6, 6.07) is 0.559. The van der Waals surface area contributed by atoms with Crippen molar-refractivity contribution in [3.8, 4) is 0 Å². The summed E-state index contributed by atoms with van der Waals surface area (Å²) in [6.07, 6.45) is 4.98. The lowest BCUT2D eigenvalue weighted by Crippen LogP contribution is -2.42. The van der Waals surface area contributed by atoms with Gasteiger partial charge >= 0.3 is 0 Å². The second-order valence-electron chi connectivity index (χ2n) is 5.83. The Labute approximate surface area is 115 Å². The van der Waals surface area contributed by atoms with Gasteiger partial charge in [0.2, 0.25) is 5.91 Å². The number of likely N-dealkylation sites (tertiary alicyclic amines) is 1. The van der Waals surface area contributed by atoms with Crippen LogP contribution in [-0.2, 0) is 9.53 Å². The third kappa shape index (κ3) is 4.16. The third-order valence-corrected chi connectivity index (χ3v) is 4.32. The van der Waals surface area contributed by atoms with Crippen LogP contribution in [0.25, 0.3) is 0 Å². The van der Waals surface area contributed by atoms with Crippen LogP contribution in [0.2, 0.25) is 0 Å². The van der Waals surface area contributed by atoms with Crippen LogP contribution in [0.3, 0.4) is 0 Å². The van der Waals surface area contributed by atoms with E-state index in [0.717, 1.165) is 19.5 Å². The number of amides is 1. The molecule has 5 heteroatoms. The van der Waals surface area contributed by atoms with Crippen LogP contribution < -0.4 is 11.1 Å². The molecule has 0 saturated carbocycles. The van der Waals surface area contributed by atoms with Crippen LogP contribution in [0.5, 0.6) is 0 Å². The zero-order valence-electron chi connectivity index (χ0n) is 11.9. The molecule has 2 saturated heterocycles. The number of carbonyl (C=O) groups is 1. The minimum absolute atomic E-state index is 0.0525. The number of ether oxygens (including phenoxy) is 1. The van der Waals surface area contributed by atoms with Crippen molar-refractivity contribution in [2.45, 2.75) is 44.7 Å². The van der Waals surface area contributed by atoms with Gasteiger partial charge in [-0.25, -0.2) is 0 Å². The zero-order chi connectivity index (χ0) is 13.7. The highest BCUT2D eigenvalue weighted by atomic mass is 16.5. The molecule has 2 aliphatic rings. The molecule has 19 heavy (non-hydrogen) atoms. The molecular formula is C14H27N3O2. The molecule has 3 unspecified atom stereocenters. The number of hydrogen-bond donors (Lipinski definition) is 2. The summed E-state index contributed by atoms with van der Waals surface area (Å²) in [6.45, 7) is 6.29. The molecule has 0 aliphatic carbocycles. The molecule has 0 bridgehead atoms. The standard InChI is InChI=1S/C14H27N3O2/c1-11-5-2-3-7-17(11)8-4-6-16-14(18)12-9-19-10-13(12)15/h11-13H,2-10,15H2,1H3,(H,16,18). The van der Waals surface area contributed by atoms with Gasteiger partial charge in [-0.3, -0.25) is 4.79 Å². The van der Waals surface area contributed by atoms with E-state index in [1.54, 1.807) is 0 Å². The van der Waals surface area contributed by atoms with Crippen molar-refractivity contribution in [1.82, 2.24) is 10.2 Å². The lowest BCUT2D eigenvalue weighted by Gasteiger charge is -2.33. The highest BCUT2D eigenvalue weighted by Gasteiger charge is 2.30. The van der Waals surface area contributed by atoms with E-state index < -0.39 is 0 Å². The fourth-order valence-electron chi connectivity index (χ4n) is 2.96. The molecule has 3 atom stereocenters. The van der Waals surface area contributed by atoms with Gasteiger partial charge in [-0.1, -0.05) is 6.42 Å². The van der Waals surface area contributed by atoms with E-state index in [-0.39, 0.29) is 17.9 Å². The largest absolute Gasteiger partial charge is 0.379 e. The summed E-state index contributed by atoms with van der Waals surface area (Å²) in [7, 11) is 0. The highest BCUT2D eigenvalue weighted by Crippen LogP contribution is 2.16. The van der Waals surface area contributed by atoms with Crippen molar-refractivity contribution in [3.63, 3.8) is 0 Å². The number of carbonyl (C=O) groups excluding carboxylic acids is 1. The van der Waals surface area contributed by atoms with Gasteiger partial charge in [-0.2, -0.15) is 0 Å². The van der Waals surface area contributed by atoms with Crippen LogP contribution in [0.1, 0.15) is 32.6 Å². The second kappa shape index (κ2) is 7.22. The average molecular weight is 269 g/mol. The SMILES string of the molecule is CC1CCCCN1CCCNC(=O)C1COCC1N. The smallest absolute Gasteiger partial charge is 0.227 e. The average Bonchev–Trinajstić information content (AvgIpc) is 2.82. The quantitative estimate of drug-likeness (QED) is 0.706. The van der Waals surface area contributed by atoms with Crippen LogP contribution in [0.4, 0.5) is 0 Å². The number of nitrogens with zero attached hydrogens (tertiary/aromatic N) is 1. The van der Waals surface area contributed by atoms with E-state index in [4.69, 9.17) is 10.5 Å². The molecular weight excluding hydrogens is 242 g/mol. The maximum Gasteiger partial charge on any atom is 0.227 e. The van der Waals surface area contributed by atoms with Crippen LogP contribution in [0, 0.1) is 5.92 Å². The summed E-state index contributed by atoms with van der Waals surface area (Å²) < 4.78 is 5.21. The first kappa shape index (κ1) is 14.8. The summed E-state index contributed by atoms with van der Waals surface area (Å²) in [4.78, 5) is 14.4. The van der Waals surface area contributed by atoms with Crippen LogP contribution >= 0.6 is 0 Å². The van der Waals surface area contributed by atoms with Crippen LogP contribution in [0.15, 0.2) is 0 Å². The van der Waals surface area contributed by atoms with Gasteiger partial charge in [0, 0.05) is 25.2 Å². The van der Waals surface area contributed by atoms with Crippen molar-refractivity contribution in [2.24, 2.45) is 11.7 Å². The van der Waals surface area contributed by atoms with Gasteiger partial charge in [-0.05, 0) is 32.7 Å². The predicted molar refractivity (Wildman–Crippen MR) is 74.8 cm³/mol. The molecule has 2 aliphatic heterocycles. The Balaban J connectivity index is 1.59. The van der Waals surface area contributed by atoms with Gasteiger partial charge in [0.25, 0.3) is 0 Å². The molecule has 0 spiro atoms. The molecule has 2 fully saturated rings. The fraction of sp³-hybridized carbons (Fsp3) is 0.929. The van der Waals surface area contributed by atoms with E-state index in [9.17, 15) is 4.79 Å². The van der Waals surface area contributed by atoms with Gasteiger partial charge in [0.1, 0.15) is 0 Å². The molecule has 2 rings (SSSR count). The minimum Gasteiger partial charge on any atom is -0.379 e. The molecule has 0 aromatic rings. The fourth-order valence-corrected chi connectivity index (χ4v) is 2.96. The van der Waals surface area contributed by atoms with E-state index in [0.29, 0.717) is 19.3 Å². The number of nitrogens with one attached hydrogen (secondary N) is 1. The zero-order valence-corrected chi connectivity index (χ0v) is 11.9. The lowest BCUT2D eigenvalue weighted by atomic mass is 10.0. The monoisotopic (exact) mass is 269 g/mol. The topological polar surface area (TPSA) is 67.6 Å². The highest BCUT2D eigenvalue weighted by molar-refractivity contribution is 5.79. The van der Waals surface area contributed by atoms with E-state index in [1.807, 2.05) is 0 Å². The Bertz CT molecular complexity index is 298. The molecule has 0 aromatic heterocycles. The summed E-state index contributed by atoms with van der Waals surface area (Å²) in [5.41, 5.74) is 5.83. The molecule has 1 amide bonds. The number of hydrogen-bond acceptors (Lipinski definition) is 4. The Hall–Kier alpha value is -0.650. The predicted octanol–water partition coefficient (Wildman–Crippen LogP) is 0.341. The number of rotatable bonds is 5. The Morgan fingerprint density at radius 1 is 1.42 bits per heavy atom. The van der Waals surface area contributed by atoms with Crippen molar-refractivity contribution < 1.29 is 9.53 Å². The number of nitrogens with two attached hydrogens (primary N) is 1. The molecule has 2 heterocycles. The first-order valence-electron chi connectivity index (χ1n) is 7.53. The third-order valence-electron chi connectivity index (χ3n) is 4.32. The molecule has 0 aromatic carbocycles. The first-order valence-corrected chi connectivity index (χ1v) is 7.53. The second-order valence-corrected chi connectivity index (χ2v) is 5.83. The minimum atomic E-state index is -0.158. The Morgan fingerprint density at radius 3 is 2.95 bits per heavy atom. The molecule has 3 N–H and O–H groups in total. The van der Waals surface area contributed by atoms with Crippen molar-refractivity contribution in [3.05, 3.63) is 0 Å². The molecule has 0 radical (unpaired) electrons. The van der Waals surface area contributed by atoms with E-state index in [2.05, 4.69) is 17.1 Å². The van der Waals surface area contributed by atoms with E-state index >= 15 is 0 Å². The maximum atomic E-state index is 11.9. The van der Waals surface area contributed by atoms with Crippen molar-refractivity contribution in [2.75, 3.05) is 32.8 Å². The Morgan fingerprint density at radius 2 is 2.26 bits per heavy atom. The van der Waals surface area contributed by atoms with Gasteiger partial charge in [0.05, 0.1) is 19.1 Å². The van der Waals surface area contributed by atoms with Gasteiger partial charge < -0.3 is 20.7 Å². The van der Waals surface area contributed by atoms with Gasteiger partial charge in [0.15, 0.2) is 0 Å². The van der Waals surface area contributed by atoms with Crippen molar-refractivity contribution in [1.29, 1.82) is 0 Å². The summed E-state index contributed by atoms with van der Waals surface area (Å²) >= 11 is 0. The molecule has 5 nitrogen and oxygen atoms in total. The Kier molecular flexibility index (Phi) is 5.60. The normalized spacial score (nSPS) is 32.4. The van der Waals surface area contributed by atoms with E-state index in [1.165, 1.54) is 25.8 Å². The van der Waals surface area contributed by atoms with Crippen LogP contribution in [-0.4, -0.2) is 55.7 Å². The lowest BCUT2D eigenvalue weighted by molar-refractivity contribution is -0.125. The summed E-state index contributed by atoms with van der Waals surface area (Å²) in [5.74, 6) is -0.106. The molecule has 110 valence electrons. The maximum absolute atomic E-state index is 11.9. The first-order chi connectivity index (χ1) is 9.18. The van der Waals surface area contributed by atoms with Gasteiger partial charge in [-0.15, -0.1) is 0 Å².